The normalized spacial score (nSPS) is 29.2. The van der Waals surface area contributed by atoms with Crippen LogP contribution in [0.15, 0.2) is 0 Å². The zero-order valence-corrected chi connectivity index (χ0v) is 10.6. The third kappa shape index (κ3) is 3.16. The van der Waals surface area contributed by atoms with Crippen LogP contribution >= 0.6 is 0 Å². The minimum Gasteiger partial charge on any atom is -0.391 e. The van der Waals surface area contributed by atoms with E-state index in [4.69, 9.17) is 11.5 Å². The second-order valence-corrected chi connectivity index (χ2v) is 5.78. The fraction of sp³-hybridized carbons (Fsp3) is 0.909. The second kappa shape index (κ2) is 4.89. The fourth-order valence-electron chi connectivity index (χ4n) is 1.97. The van der Waals surface area contributed by atoms with Gasteiger partial charge in [-0.1, -0.05) is 20.8 Å². The molecule has 0 aromatic heterocycles. The summed E-state index contributed by atoms with van der Waals surface area (Å²) in [6, 6.07) is -1.22. The molecule has 0 bridgehead atoms. The number of carbonyl (C=O) groups excluding carboxylic acids is 1. The quantitative estimate of drug-likeness (QED) is 0.447. The Bertz CT molecular complexity index is 288. The molecule has 6 N–H and O–H groups in total. The summed E-state index contributed by atoms with van der Waals surface area (Å²) in [6.45, 7) is 5.80. The zero-order chi connectivity index (χ0) is 13.4. The van der Waals surface area contributed by atoms with E-state index in [2.05, 4.69) is 0 Å². The summed E-state index contributed by atoms with van der Waals surface area (Å²) in [5.41, 5.74) is 10.9. The van der Waals surface area contributed by atoms with Crippen molar-refractivity contribution in [1.29, 1.82) is 0 Å². The number of hydrogen-bond acceptors (Lipinski definition) is 5. The van der Waals surface area contributed by atoms with Gasteiger partial charge in [0, 0.05) is 6.54 Å². The van der Waals surface area contributed by atoms with Gasteiger partial charge in [0.15, 0.2) is 0 Å². The number of likely N-dealkylation sites (tertiary alicyclic amines) is 1. The van der Waals surface area contributed by atoms with Gasteiger partial charge in [-0.15, -0.1) is 0 Å². The monoisotopic (exact) mass is 245 g/mol. The van der Waals surface area contributed by atoms with Gasteiger partial charge < -0.3 is 26.6 Å². The number of β-amino-alcohol motifs (C(OH)–C–C–N with tert-alkyl or cyclic N) is 1. The Labute approximate surface area is 102 Å². The Hall–Kier alpha value is -0.690. The molecule has 100 valence electrons. The summed E-state index contributed by atoms with van der Waals surface area (Å²) in [6.07, 6.45) is -1.50. The Morgan fingerprint density at radius 3 is 2.35 bits per heavy atom. The molecule has 0 aromatic carbocycles. The smallest absolute Gasteiger partial charge is 0.240 e. The molecule has 1 aliphatic heterocycles. The van der Waals surface area contributed by atoms with Crippen LogP contribution in [0.4, 0.5) is 0 Å². The largest absolute Gasteiger partial charge is 0.391 e. The molecule has 1 saturated heterocycles. The van der Waals surface area contributed by atoms with Crippen molar-refractivity contribution in [2.45, 2.75) is 51.6 Å². The molecule has 1 fully saturated rings. The number of nitrogens with two attached hydrogens (primary N) is 2. The summed E-state index contributed by atoms with van der Waals surface area (Å²) in [5, 5.41) is 19.0. The number of rotatable bonds is 2. The molecule has 6 nitrogen and oxygen atoms in total. The van der Waals surface area contributed by atoms with Crippen molar-refractivity contribution in [3.8, 4) is 0 Å². The lowest BCUT2D eigenvalue weighted by molar-refractivity contribution is -0.138. The van der Waals surface area contributed by atoms with Crippen molar-refractivity contribution >= 4 is 5.91 Å². The lowest BCUT2D eigenvalue weighted by Gasteiger charge is -2.33. The Balaban J connectivity index is 2.81. The maximum Gasteiger partial charge on any atom is 0.240 e. The zero-order valence-electron chi connectivity index (χ0n) is 10.6. The van der Waals surface area contributed by atoms with E-state index < -0.39 is 24.4 Å². The lowest BCUT2D eigenvalue weighted by atomic mass is 9.86. The number of aliphatic hydroxyl groups excluding tert-OH is 2. The molecule has 6 heteroatoms. The van der Waals surface area contributed by atoms with Crippen LogP contribution < -0.4 is 11.5 Å². The first kappa shape index (κ1) is 14.4. The topological polar surface area (TPSA) is 113 Å². The van der Waals surface area contributed by atoms with Crippen LogP contribution in [-0.2, 0) is 4.79 Å². The minimum absolute atomic E-state index is 0.182. The minimum atomic E-state index is -1.15. The fourth-order valence-corrected chi connectivity index (χ4v) is 1.97. The van der Waals surface area contributed by atoms with Gasteiger partial charge >= 0.3 is 0 Å². The Morgan fingerprint density at radius 1 is 1.41 bits per heavy atom. The van der Waals surface area contributed by atoms with Gasteiger partial charge in [-0.05, 0) is 11.8 Å². The molecule has 1 rings (SSSR count). The summed E-state index contributed by atoms with van der Waals surface area (Å²) in [7, 11) is 0. The number of aliphatic hydroxyl groups is 2. The first-order valence-electron chi connectivity index (χ1n) is 5.82. The Morgan fingerprint density at radius 2 is 1.94 bits per heavy atom. The van der Waals surface area contributed by atoms with Crippen molar-refractivity contribution < 1.29 is 15.0 Å². The number of hydrogen-bond donors (Lipinski definition) is 4. The number of carbonyl (C=O) groups is 1. The summed E-state index contributed by atoms with van der Waals surface area (Å²) < 4.78 is 0. The average molecular weight is 245 g/mol. The van der Waals surface area contributed by atoms with E-state index in [-0.39, 0.29) is 17.9 Å². The number of amides is 1. The molecule has 0 aromatic rings. The molecule has 0 spiro atoms. The van der Waals surface area contributed by atoms with Crippen LogP contribution in [0.2, 0.25) is 0 Å². The third-order valence-electron chi connectivity index (χ3n) is 3.20. The standard InChI is InChI=1S/C11H23N3O3/c1-11(2,3)8(12)10(17)14-5-6(15)4-7(14)9(13)16/h6-9,15-16H,4-5,12-13H2,1-3H3/t6-,7+,8-,9?/m1/s1. The highest BCUT2D eigenvalue weighted by molar-refractivity contribution is 5.83. The van der Waals surface area contributed by atoms with E-state index >= 15 is 0 Å². The van der Waals surface area contributed by atoms with E-state index in [0.29, 0.717) is 6.42 Å². The van der Waals surface area contributed by atoms with Gasteiger partial charge in [0.2, 0.25) is 5.91 Å². The van der Waals surface area contributed by atoms with Crippen molar-refractivity contribution in [1.82, 2.24) is 4.90 Å². The lowest BCUT2D eigenvalue weighted by Crippen LogP contribution is -2.55. The summed E-state index contributed by atoms with van der Waals surface area (Å²) in [5.74, 6) is -0.274. The van der Waals surface area contributed by atoms with Crippen molar-refractivity contribution in [3.05, 3.63) is 0 Å². The van der Waals surface area contributed by atoms with Crippen LogP contribution in [0.3, 0.4) is 0 Å². The highest BCUT2D eigenvalue weighted by Crippen LogP contribution is 2.25. The summed E-state index contributed by atoms with van der Waals surface area (Å²) >= 11 is 0. The van der Waals surface area contributed by atoms with Crippen LogP contribution in [-0.4, -0.2) is 52.0 Å². The predicted octanol–water partition coefficient (Wildman–Crippen LogP) is -1.40. The van der Waals surface area contributed by atoms with Crippen LogP contribution in [0.25, 0.3) is 0 Å². The van der Waals surface area contributed by atoms with Crippen molar-refractivity contribution in [3.63, 3.8) is 0 Å². The molecule has 17 heavy (non-hydrogen) atoms. The van der Waals surface area contributed by atoms with Gasteiger partial charge in [-0.25, -0.2) is 0 Å². The van der Waals surface area contributed by atoms with E-state index in [1.807, 2.05) is 20.8 Å². The molecule has 1 amide bonds. The van der Waals surface area contributed by atoms with Crippen LogP contribution in [0, 0.1) is 5.41 Å². The molecule has 0 radical (unpaired) electrons. The highest BCUT2D eigenvalue weighted by Gasteiger charge is 2.41. The molecular formula is C11H23N3O3. The molecular weight excluding hydrogens is 222 g/mol. The van der Waals surface area contributed by atoms with Gasteiger partial charge in [0.05, 0.1) is 18.2 Å². The molecule has 0 saturated carbocycles. The molecule has 1 unspecified atom stereocenters. The number of nitrogens with zero attached hydrogens (tertiary/aromatic N) is 1. The molecule has 0 aliphatic carbocycles. The van der Waals surface area contributed by atoms with Gasteiger partial charge in [0.1, 0.15) is 6.23 Å². The maximum atomic E-state index is 12.2. The van der Waals surface area contributed by atoms with Crippen molar-refractivity contribution in [2.75, 3.05) is 6.54 Å². The van der Waals surface area contributed by atoms with E-state index in [9.17, 15) is 15.0 Å². The first-order chi connectivity index (χ1) is 7.64. The second-order valence-electron chi connectivity index (χ2n) is 5.78. The third-order valence-corrected chi connectivity index (χ3v) is 3.20. The molecule has 1 aliphatic rings. The van der Waals surface area contributed by atoms with Crippen LogP contribution in [0.1, 0.15) is 27.2 Å². The van der Waals surface area contributed by atoms with Gasteiger partial charge in [-0.2, -0.15) is 0 Å². The molecule has 1 heterocycles. The predicted molar refractivity (Wildman–Crippen MR) is 63.7 cm³/mol. The maximum absolute atomic E-state index is 12.2. The van der Waals surface area contributed by atoms with Crippen LogP contribution in [0.5, 0.6) is 0 Å². The van der Waals surface area contributed by atoms with E-state index in [0.717, 1.165) is 0 Å². The Kier molecular flexibility index (Phi) is 4.14. The molecule has 4 atom stereocenters. The van der Waals surface area contributed by atoms with Gasteiger partial charge in [0.25, 0.3) is 0 Å². The van der Waals surface area contributed by atoms with Crippen molar-refractivity contribution in [2.24, 2.45) is 16.9 Å². The SMILES string of the molecule is CC(C)(C)[C@H](N)C(=O)N1C[C@H](O)C[C@H]1C(N)O. The van der Waals surface area contributed by atoms with Gasteiger partial charge in [-0.3, -0.25) is 4.79 Å². The highest BCUT2D eigenvalue weighted by atomic mass is 16.3. The summed E-state index contributed by atoms with van der Waals surface area (Å²) in [4.78, 5) is 13.6. The van der Waals surface area contributed by atoms with E-state index in [1.54, 1.807) is 0 Å². The average Bonchev–Trinajstić information content (AvgIpc) is 2.56. The first-order valence-corrected chi connectivity index (χ1v) is 5.82. The van der Waals surface area contributed by atoms with E-state index in [1.165, 1.54) is 4.90 Å².